The number of aliphatic hydroxyl groups excluding tert-OH is 1. The Morgan fingerprint density at radius 3 is 2.49 bits per heavy atom. The van der Waals surface area contributed by atoms with Crippen LogP contribution in [0.2, 0.25) is 0 Å². The van der Waals surface area contributed by atoms with Gasteiger partial charge in [-0.25, -0.2) is 4.98 Å². The van der Waals surface area contributed by atoms with Crippen molar-refractivity contribution in [1.82, 2.24) is 15.0 Å². The number of methoxy groups -OCH3 is 1. The van der Waals surface area contributed by atoms with E-state index in [0.717, 1.165) is 22.2 Å². The van der Waals surface area contributed by atoms with Gasteiger partial charge in [-0.05, 0) is 73.4 Å². The third kappa shape index (κ3) is 3.63. The van der Waals surface area contributed by atoms with Crippen molar-refractivity contribution in [3.8, 4) is 5.75 Å². The van der Waals surface area contributed by atoms with Crippen molar-refractivity contribution in [3.05, 3.63) is 88.2 Å². The Morgan fingerprint density at radius 2 is 1.77 bits per heavy atom. The molecule has 0 aliphatic carbocycles. The second-order valence-corrected chi connectivity index (χ2v) is 8.69. The molecule has 5 rings (SSSR count). The predicted octanol–water partition coefficient (Wildman–Crippen LogP) is 4.52. The SMILES string of the molecule is COc1c(C)cc(C)cc1/C(O)=C1\C(=O)C(=O)N(c2nc3ccc(C)cc3[nH]2)C1c1ccncc1. The fraction of sp³-hybridized carbons (Fsp3) is 0.185. The summed E-state index contributed by atoms with van der Waals surface area (Å²) in [6.45, 7) is 5.71. The topological polar surface area (TPSA) is 108 Å². The summed E-state index contributed by atoms with van der Waals surface area (Å²) in [6.07, 6.45) is 3.16. The average Bonchev–Trinajstić information content (AvgIpc) is 3.36. The number of carbonyl (C=O) groups excluding carboxylic acids is 2. The van der Waals surface area contributed by atoms with Gasteiger partial charge in [0.25, 0.3) is 5.78 Å². The Bertz CT molecular complexity index is 1520. The summed E-state index contributed by atoms with van der Waals surface area (Å²) in [7, 11) is 1.50. The molecule has 8 nitrogen and oxygen atoms in total. The highest BCUT2D eigenvalue weighted by molar-refractivity contribution is 6.51. The van der Waals surface area contributed by atoms with Crippen LogP contribution >= 0.6 is 0 Å². The first-order valence-electron chi connectivity index (χ1n) is 11.1. The van der Waals surface area contributed by atoms with Crippen LogP contribution in [-0.4, -0.2) is 38.9 Å². The summed E-state index contributed by atoms with van der Waals surface area (Å²) >= 11 is 0. The summed E-state index contributed by atoms with van der Waals surface area (Å²) in [5.41, 5.74) is 5.04. The van der Waals surface area contributed by atoms with Crippen LogP contribution < -0.4 is 9.64 Å². The minimum atomic E-state index is -0.912. The van der Waals surface area contributed by atoms with Gasteiger partial charge in [-0.1, -0.05) is 12.1 Å². The number of aliphatic hydroxyl groups is 1. The normalized spacial score (nSPS) is 17.4. The molecule has 0 radical (unpaired) electrons. The summed E-state index contributed by atoms with van der Waals surface area (Å²) in [5, 5.41) is 11.5. The van der Waals surface area contributed by atoms with Gasteiger partial charge >= 0.3 is 5.91 Å². The Balaban J connectivity index is 1.77. The Labute approximate surface area is 201 Å². The van der Waals surface area contributed by atoms with Crippen LogP contribution in [0.4, 0.5) is 5.95 Å². The second-order valence-electron chi connectivity index (χ2n) is 8.69. The number of rotatable bonds is 4. The number of nitrogens with one attached hydrogen (secondary N) is 1. The van der Waals surface area contributed by atoms with E-state index in [1.807, 2.05) is 45.0 Å². The minimum Gasteiger partial charge on any atom is -0.507 e. The van der Waals surface area contributed by atoms with Crippen LogP contribution in [0.15, 0.2) is 60.4 Å². The fourth-order valence-electron chi connectivity index (χ4n) is 4.68. The monoisotopic (exact) mass is 468 g/mol. The Hall–Kier alpha value is -4.46. The highest BCUT2D eigenvalue weighted by atomic mass is 16.5. The molecule has 1 amide bonds. The van der Waals surface area contributed by atoms with E-state index >= 15 is 0 Å². The van der Waals surface area contributed by atoms with E-state index in [4.69, 9.17) is 4.74 Å². The van der Waals surface area contributed by atoms with Crippen LogP contribution in [0, 0.1) is 20.8 Å². The highest BCUT2D eigenvalue weighted by Crippen LogP contribution is 2.43. The van der Waals surface area contributed by atoms with Gasteiger partial charge in [0.05, 0.1) is 35.3 Å². The van der Waals surface area contributed by atoms with Crippen molar-refractivity contribution in [1.29, 1.82) is 0 Å². The number of carbonyl (C=O) groups is 2. The molecule has 2 aromatic heterocycles. The number of aromatic amines is 1. The first-order chi connectivity index (χ1) is 16.8. The lowest BCUT2D eigenvalue weighted by Gasteiger charge is -2.23. The molecule has 1 atom stereocenters. The molecular weight excluding hydrogens is 444 g/mol. The lowest BCUT2D eigenvalue weighted by atomic mass is 9.94. The number of aryl methyl sites for hydroxylation is 3. The quantitative estimate of drug-likeness (QED) is 0.259. The average molecular weight is 469 g/mol. The molecule has 1 unspecified atom stereocenters. The van der Waals surface area contributed by atoms with Crippen molar-refractivity contribution in [2.75, 3.05) is 12.0 Å². The minimum absolute atomic E-state index is 0.0406. The fourth-order valence-corrected chi connectivity index (χ4v) is 4.68. The number of amides is 1. The van der Waals surface area contributed by atoms with Crippen molar-refractivity contribution >= 4 is 34.4 Å². The number of nitrogens with zero attached hydrogens (tertiary/aromatic N) is 3. The largest absolute Gasteiger partial charge is 0.507 e. The third-order valence-electron chi connectivity index (χ3n) is 6.20. The molecule has 176 valence electrons. The van der Waals surface area contributed by atoms with Crippen molar-refractivity contribution in [2.45, 2.75) is 26.8 Å². The molecule has 35 heavy (non-hydrogen) atoms. The molecule has 2 aromatic carbocycles. The van der Waals surface area contributed by atoms with Crippen molar-refractivity contribution in [2.24, 2.45) is 0 Å². The van der Waals surface area contributed by atoms with Gasteiger partial charge in [0.1, 0.15) is 11.5 Å². The van der Waals surface area contributed by atoms with Crippen LogP contribution in [0.25, 0.3) is 16.8 Å². The second kappa shape index (κ2) is 8.39. The predicted molar refractivity (Wildman–Crippen MR) is 132 cm³/mol. The molecule has 1 aliphatic rings. The number of hydrogen-bond acceptors (Lipinski definition) is 6. The summed E-state index contributed by atoms with van der Waals surface area (Å²) < 4.78 is 5.54. The number of anilines is 1. The zero-order chi connectivity index (χ0) is 24.9. The van der Waals surface area contributed by atoms with E-state index in [-0.39, 0.29) is 17.3 Å². The van der Waals surface area contributed by atoms with Gasteiger partial charge in [0.15, 0.2) is 0 Å². The molecule has 4 aromatic rings. The van der Waals surface area contributed by atoms with Gasteiger partial charge in [-0.15, -0.1) is 0 Å². The number of H-pyrrole nitrogens is 1. The zero-order valence-corrected chi connectivity index (χ0v) is 19.8. The van der Waals surface area contributed by atoms with Crippen LogP contribution in [-0.2, 0) is 9.59 Å². The van der Waals surface area contributed by atoms with Crippen LogP contribution in [0.3, 0.4) is 0 Å². The molecule has 0 spiro atoms. The maximum atomic E-state index is 13.4. The molecule has 1 saturated heterocycles. The van der Waals surface area contributed by atoms with E-state index in [1.165, 1.54) is 12.0 Å². The van der Waals surface area contributed by atoms with E-state index in [1.54, 1.807) is 30.6 Å². The molecule has 0 saturated carbocycles. The van der Waals surface area contributed by atoms with Gasteiger partial charge in [0, 0.05) is 12.4 Å². The Kier molecular flexibility index (Phi) is 5.36. The number of imidazole rings is 1. The maximum Gasteiger partial charge on any atom is 0.302 e. The third-order valence-corrected chi connectivity index (χ3v) is 6.20. The van der Waals surface area contributed by atoms with Gasteiger partial charge < -0.3 is 14.8 Å². The molecule has 1 aliphatic heterocycles. The lowest BCUT2D eigenvalue weighted by molar-refractivity contribution is -0.132. The van der Waals surface area contributed by atoms with E-state index in [9.17, 15) is 14.7 Å². The van der Waals surface area contributed by atoms with Gasteiger partial charge in [0.2, 0.25) is 5.95 Å². The standard InChI is InChI=1S/C27H24N4O4/c1-14-5-6-19-20(13-14)30-27(29-19)31-22(17-7-9-28-10-8-17)21(24(33)26(31)34)23(32)18-12-15(2)11-16(3)25(18)35-4/h5-13,22,32H,1-4H3,(H,29,30)/b23-21+. The molecule has 1 fully saturated rings. The smallest absolute Gasteiger partial charge is 0.302 e. The van der Waals surface area contributed by atoms with Gasteiger partial charge in [-0.2, -0.15) is 0 Å². The highest BCUT2D eigenvalue weighted by Gasteiger charge is 2.48. The molecular formula is C27H24N4O4. The number of ether oxygens (including phenoxy) is 1. The number of ketones is 1. The number of Topliss-reactive ketones (excluding diaryl/α,β-unsaturated/α-hetero) is 1. The van der Waals surface area contributed by atoms with E-state index in [0.29, 0.717) is 22.4 Å². The van der Waals surface area contributed by atoms with E-state index < -0.39 is 17.7 Å². The zero-order valence-electron chi connectivity index (χ0n) is 19.8. The maximum absolute atomic E-state index is 13.4. The number of hydrogen-bond donors (Lipinski definition) is 2. The number of benzene rings is 2. The molecule has 2 N–H and O–H groups in total. The number of aromatic nitrogens is 3. The van der Waals surface area contributed by atoms with Gasteiger partial charge in [-0.3, -0.25) is 19.5 Å². The lowest BCUT2D eigenvalue weighted by Crippen LogP contribution is -2.30. The number of pyridine rings is 1. The Morgan fingerprint density at radius 1 is 1.03 bits per heavy atom. The van der Waals surface area contributed by atoms with E-state index in [2.05, 4.69) is 15.0 Å². The van der Waals surface area contributed by atoms with Crippen molar-refractivity contribution in [3.63, 3.8) is 0 Å². The molecule has 3 heterocycles. The summed E-state index contributed by atoms with van der Waals surface area (Å²) in [4.78, 5) is 39.9. The molecule has 0 bridgehead atoms. The van der Waals surface area contributed by atoms with Crippen molar-refractivity contribution < 1.29 is 19.4 Å². The first-order valence-corrected chi connectivity index (χ1v) is 11.1. The first kappa shape index (κ1) is 22.3. The molecule has 8 heteroatoms. The number of fused-ring (bicyclic) bond motifs is 1. The van der Waals surface area contributed by atoms with Crippen LogP contribution in [0.5, 0.6) is 5.75 Å². The van der Waals surface area contributed by atoms with Crippen LogP contribution in [0.1, 0.15) is 33.9 Å². The summed E-state index contributed by atoms with van der Waals surface area (Å²) in [5.74, 6) is -1.23. The summed E-state index contributed by atoms with van der Waals surface area (Å²) in [6, 6.07) is 11.9.